The summed E-state index contributed by atoms with van der Waals surface area (Å²) in [7, 11) is 0. The van der Waals surface area contributed by atoms with Crippen molar-refractivity contribution in [3.63, 3.8) is 0 Å². The van der Waals surface area contributed by atoms with Crippen LogP contribution in [-0.4, -0.2) is 25.0 Å². The Morgan fingerprint density at radius 3 is 2.33 bits per heavy atom. The first kappa shape index (κ1) is 17.6. The van der Waals surface area contributed by atoms with Crippen molar-refractivity contribution in [3.05, 3.63) is 29.3 Å². The average Bonchev–Trinajstić information content (AvgIpc) is 2.57. The monoisotopic (exact) mass is 348 g/mol. The molecule has 1 heterocycles. The molecule has 2 aliphatic rings. The van der Waals surface area contributed by atoms with Gasteiger partial charge in [-0.3, -0.25) is 4.79 Å². The molecule has 0 atom stereocenters. The fourth-order valence-corrected chi connectivity index (χ4v) is 4.18. The Labute approximate surface area is 150 Å². The second kappa shape index (κ2) is 8.75. The van der Waals surface area contributed by atoms with Crippen LogP contribution in [0.2, 0.25) is 5.02 Å². The van der Waals surface area contributed by atoms with E-state index in [-0.39, 0.29) is 11.8 Å². The summed E-state index contributed by atoms with van der Waals surface area (Å²) in [5.41, 5.74) is 1.17. The van der Waals surface area contributed by atoms with E-state index in [1.807, 2.05) is 18.2 Å². The summed E-state index contributed by atoms with van der Waals surface area (Å²) >= 11 is 6.09. The molecule has 1 saturated carbocycles. The van der Waals surface area contributed by atoms with Crippen LogP contribution in [-0.2, 0) is 4.79 Å². The highest BCUT2D eigenvalue weighted by molar-refractivity contribution is 6.30. The summed E-state index contributed by atoms with van der Waals surface area (Å²) in [5.74, 6) is 0.456. The molecule has 1 aliphatic heterocycles. The van der Waals surface area contributed by atoms with Gasteiger partial charge in [0.15, 0.2) is 0 Å². The fraction of sp³-hybridized carbons (Fsp3) is 0.650. The normalized spacial score (nSPS) is 21.1. The Balaban J connectivity index is 1.47. The zero-order valence-electron chi connectivity index (χ0n) is 14.5. The molecule has 3 rings (SSSR count). The molecule has 2 fully saturated rings. The van der Waals surface area contributed by atoms with Crippen LogP contribution in [0.25, 0.3) is 0 Å². The van der Waals surface area contributed by atoms with Gasteiger partial charge in [-0.05, 0) is 43.9 Å². The van der Waals surface area contributed by atoms with Crippen molar-refractivity contribution in [2.75, 3.05) is 18.0 Å². The van der Waals surface area contributed by atoms with E-state index in [2.05, 4.69) is 16.3 Å². The number of hydrogen-bond donors (Lipinski definition) is 1. The molecule has 0 bridgehead atoms. The zero-order valence-corrected chi connectivity index (χ0v) is 15.2. The number of benzene rings is 1. The number of nitrogens with one attached hydrogen (secondary N) is 1. The van der Waals surface area contributed by atoms with Gasteiger partial charge in [0.1, 0.15) is 0 Å². The maximum Gasteiger partial charge on any atom is 0.223 e. The highest BCUT2D eigenvalue weighted by atomic mass is 35.5. The molecule has 132 valence electrons. The minimum Gasteiger partial charge on any atom is -0.371 e. The van der Waals surface area contributed by atoms with E-state index in [1.165, 1.54) is 37.8 Å². The van der Waals surface area contributed by atoms with Gasteiger partial charge in [0.2, 0.25) is 5.91 Å². The first-order chi connectivity index (χ1) is 11.7. The summed E-state index contributed by atoms with van der Waals surface area (Å²) in [5, 5.41) is 4.12. The molecule has 1 amide bonds. The van der Waals surface area contributed by atoms with E-state index in [4.69, 9.17) is 11.6 Å². The Kier molecular flexibility index (Phi) is 6.42. The Morgan fingerprint density at radius 2 is 1.67 bits per heavy atom. The summed E-state index contributed by atoms with van der Waals surface area (Å²) in [6, 6.07) is 8.41. The van der Waals surface area contributed by atoms with Crippen LogP contribution in [0.4, 0.5) is 5.69 Å². The van der Waals surface area contributed by atoms with E-state index >= 15 is 0 Å². The number of anilines is 1. The van der Waals surface area contributed by atoms with Gasteiger partial charge in [-0.25, -0.2) is 0 Å². The van der Waals surface area contributed by atoms with E-state index in [1.54, 1.807) is 0 Å². The molecule has 0 spiro atoms. The Hall–Kier alpha value is -1.22. The van der Waals surface area contributed by atoms with Gasteiger partial charge in [-0.2, -0.15) is 0 Å². The van der Waals surface area contributed by atoms with Gasteiger partial charge in [0.05, 0.1) is 0 Å². The zero-order chi connectivity index (χ0) is 16.8. The summed E-state index contributed by atoms with van der Waals surface area (Å²) in [6.45, 7) is 1.87. The standard InChI is InChI=1S/C20H29ClN2O/c21-17-7-6-10-19(15-17)23-13-11-16(12-14-23)20(24)22-18-8-4-2-1-3-5-9-18/h6-7,10,15-16,18H,1-5,8-9,11-14H2,(H,22,24). The van der Waals surface area contributed by atoms with Gasteiger partial charge in [-0.15, -0.1) is 0 Å². The van der Waals surface area contributed by atoms with Gasteiger partial charge in [-0.1, -0.05) is 49.8 Å². The van der Waals surface area contributed by atoms with Crippen LogP contribution >= 0.6 is 11.6 Å². The van der Waals surface area contributed by atoms with Gasteiger partial charge in [0, 0.05) is 35.8 Å². The average molecular weight is 349 g/mol. The molecule has 1 saturated heterocycles. The second-order valence-electron chi connectivity index (χ2n) is 7.29. The lowest BCUT2D eigenvalue weighted by atomic mass is 9.93. The topological polar surface area (TPSA) is 32.3 Å². The molecule has 24 heavy (non-hydrogen) atoms. The van der Waals surface area contributed by atoms with Gasteiger partial charge >= 0.3 is 0 Å². The summed E-state index contributed by atoms with van der Waals surface area (Å²) < 4.78 is 0. The minimum atomic E-state index is 0.172. The third-order valence-corrected chi connectivity index (χ3v) is 5.73. The molecule has 1 aromatic rings. The molecule has 1 N–H and O–H groups in total. The largest absolute Gasteiger partial charge is 0.371 e. The fourth-order valence-electron chi connectivity index (χ4n) is 3.99. The number of rotatable bonds is 3. The Bertz CT molecular complexity index is 532. The van der Waals surface area contributed by atoms with E-state index in [0.717, 1.165) is 43.8 Å². The van der Waals surface area contributed by atoms with Crippen LogP contribution in [0.5, 0.6) is 0 Å². The number of amides is 1. The molecule has 1 aliphatic carbocycles. The maximum absolute atomic E-state index is 12.6. The highest BCUT2D eigenvalue weighted by Crippen LogP contribution is 2.26. The van der Waals surface area contributed by atoms with E-state index in [9.17, 15) is 4.79 Å². The smallest absolute Gasteiger partial charge is 0.223 e. The van der Waals surface area contributed by atoms with Crippen LogP contribution in [0.1, 0.15) is 57.8 Å². The van der Waals surface area contributed by atoms with Crippen LogP contribution in [0.3, 0.4) is 0 Å². The van der Waals surface area contributed by atoms with Crippen molar-refractivity contribution in [1.29, 1.82) is 0 Å². The number of carbonyl (C=O) groups excluding carboxylic acids is 1. The van der Waals surface area contributed by atoms with Crippen molar-refractivity contribution >= 4 is 23.2 Å². The van der Waals surface area contributed by atoms with Gasteiger partial charge < -0.3 is 10.2 Å². The third kappa shape index (κ3) is 4.89. The second-order valence-corrected chi connectivity index (χ2v) is 7.73. The van der Waals surface area contributed by atoms with Crippen molar-refractivity contribution in [1.82, 2.24) is 5.32 Å². The third-order valence-electron chi connectivity index (χ3n) is 5.49. The first-order valence-corrected chi connectivity index (χ1v) is 9.91. The maximum atomic E-state index is 12.6. The van der Waals surface area contributed by atoms with E-state index in [0.29, 0.717) is 6.04 Å². The molecular formula is C20H29ClN2O. The molecule has 0 aromatic heterocycles. The lowest BCUT2D eigenvalue weighted by molar-refractivity contribution is -0.126. The minimum absolute atomic E-state index is 0.172. The summed E-state index contributed by atoms with van der Waals surface area (Å²) in [4.78, 5) is 14.9. The quantitative estimate of drug-likeness (QED) is 0.852. The van der Waals surface area contributed by atoms with Crippen LogP contribution in [0, 0.1) is 5.92 Å². The predicted molar refractivity (Wildman–Crippen MR) is 101 cm³/mol. The van der Waals surface area contributed by atoms with Crippen LogP contribution in [0.15, 0.2) is 24.3 Å². The first-order valence-electron chi connectivity index (χ1n) is 9.53. The SMILES string of the molecule is O=C(NC1CCCCCCC1)C1CCN(c2cccc(Cl)c2)CC1. The highest BCUT2D eigenvalue weighted by Gasteiger charge is 2.26. The molecule has 3 nitrogen and oxygen atoms in total. The predicted octanol–water partition coefficient (Wildman–Crippen LogP) is 4.79. The number of carbonyl (C=O) groups is 1. The van der Waals surface area contributed by atoms with E-state index < -0.39 is 0 Å². The molecular weight excluding hydrogens is 320 g/mol. The molecule has 0 unspecified atom stereocenters. The Morgan fingerprint density at radius 1 is 1.00 bits per heavy atom. The molecule has 0 radical (unpaired) electrons. The van der Waals surface area contributed by atoms with Crippen molar-refractivity contribution in [2.45, 2.75) is 63.8 Å². The summed E-state index contributed by atoms with van der Waals surface area (Å²) in [6.07, 6.45) is 10.7. The molecule has 4 heteroatoms. The lowest BCUT2D eigenvalue weighted by Gasteiger charge is -2.34. The van der Waals surface area contributed by atoms with Crippen molar-refractivity contribution in [3.8, 4) is 0 Å². The number of nitrogens with zero attached hydrogens (tertiary/aromatic N) is 1. The number of piperidine rings is 1. The number of halogens is 1. The molecule has 1 aromatic carbocycles. The van der Waals surface area contributed by atoms with Crippen molar-refractivity contribution in [2.24, 2.45) is 5.92 Å². The van der Waals surface area contributed by atoms with Gasteiger partial charge in [0.25, 0.3) is 0 Å². The lowest BCUT2D eigenvalue weighted by Crippen LogP contribution is -2.44. The van der Waals surface area contributed by atoms with Crippen molar-refractivity contribution < 1.29 is 4.79 Å². The number of hydrogen-bond acceptors (Lipinski definition) is 2. The van der Waals surface area contributed by atoms with Crippen LogP contribution < -0.4 is 10.2 Å².